The predicted octanol–water partition coefficient (Wildman–Crippen LogP) is 3.75. The van der Waals surface area contributed by atoms with Gasteiger partial charge in [0, 0.05) is 23.7 Å². The average molecular weight is 284 g/mol. The van der Waals surface area contributed by atoms with Crippen LogP contribution in [-0.4, -0.2) is 19.7 Å². The summed E-state index contributed by atoms with van der Waals surface area (Å²) in [6.07, 6.45) is 0. The number of hydrogen-bond acceptors (Lipinski definition) is 4. The van der Waals surface area contributed by atoms with Gasteiger partial charge >= 0.3 is 0 Å². The predicted molar refractivity (Wildman–Crippen MR) is 84.0 cm³/mol. The third-order valence-electron chi connectivity index (χ3n) is 3.69. The SMILES string of the molecule is c1ccc2c(c1)NCC(c1ccc3c(c1)OCCN3)S2. The fourth-order valence-electron chi connectivity index (χ4n) is 2.65. The van der Waals surface area contributed by atoms with E-state index >= 15 is 0 Å². The molecular weight excluding hydrogens is 268 g/mol. The van der Waals surface area contributed by atoms with E-state index < -0.39 is 0 Å². The third kappa shape index (κ3) is 2.10. The van der Waals surface area contributed by atoms with Gasteiger partial charge < -0.3 is 15.4 Å². The lowest BCUT2D eigenvalue weighted by Gasteiger charge is -2.27. The van der Waals surface area contributed by atoms with Crippen molar-refractivity contribution >= 4 is 23.1 Å². The summed E-state index contributed by atoms with van der Waals surface area (Å²) in [5.41, 5.74) is 3.67. The highest BCUT2D eigenvalue weighted by Gasteiger charge is 2.21. The van der Waals surface area contributed by atoms with Crippen LogP contribution in [0.2, 0.25) is 0 Å². The molecule has 0 bridgehead atoms. The van der Waals surface area contributed by atoms with Crippen molar-refractivity contribution in [2.45, 2.75) is 10.1 Å². The lowest BCUT2D eigenvalue weighted by molar-refractivity contribution is 0.323. The lowest BCUT2D eigenvalue weighted by Crippen LogP contribution is -2.19. The highest BCUT2D eigenvalue weighted by Crippen LogP contribution is 2.44. The number of benzene rings is 2. The molecule has 20 heavy (non-hydrogen) atoms. The zero-order chi connectivity index (χ0) is 13.4. The quantitative estimate of drug-likeness (QED) is 0.835. The summed E-state index contributed by atoms with van der Waals surface area (Å²) in [4.78, 5) is 1.32. The number of thioether (sulfide) groups is 1. The zero-order valence-electron chi connectivity index (χ0n) is 11.1. The minimum atomic E-state index is 0.431. The monoisotopic (exact) mass is 284 g/mol. The number of hydrogen-bond donors (Lipinski definition) is 2. The van der Waals surface area contributed by atoms with E-state index in [1.807, 2.05) is 11.8 Å². The molecule has 1 unspecified atom stereocenters. The van der Waals surface area contributed by atoms with Crippen molar-refractivity contribution in [3.05, 3.63) is 48.0 Å². The first-order valence-electron chi connectivity index (χ1n) is 6.90. The molecule has 0 radical (unpaired) electrons. The molecule has 2 heterocycles. The van der Waals surface area contributed by atoms with Gasteiger partial charge in [-0.15, -0.1) is 11.8 Å². The maximum absolute atomic E-state index is 5.73. The number of rotatable bonds is 1. The molecule has 0 fully saturated rings. The Morgan fingerprint density at radius 3 is 3.00 bits per heavy atom. The van der Waals surface area contributed by atoms with Gasteiger partial charge in [-0.3, -0.25) is 0 Å². The van der Waals surface area contributed by atoms with E-state index in [9.17, 15) is 0 Å². The summed E-state index contributed by atoms with van der Waals surface area (Å²) in [6.45, 7) is 2.59. The van der Waals surface area contributed by atoms with Crippen LogP contribution in [0.3, 0.4) is 0 Å². The molecule has 4 rings (SSSR count). The first-order valence-corrected chi connectivity index (χ1v) is 7.78. The molecule has 0 aliphatic carbocycles. The van der Waals surface area contributed by atoms with Crippen molar-refractivity contribution in [2.24, 2.45) is 0 Å². The van der Waals surface area contributed by atoms with E-state index in [1.165, 1.54) is 16.1 Å². The maximum atomic E-state index is 5.73. The van der Waals surface area contributed by atoms with Gasteiger partial charge in [-0.1, -0.05) is 18.2 Å². The molecule has 2 aromatic rings. The fraction of sp³-hybridized carbons (Fsp3) is 0.250. The summed E-state index contributed by atoms with van der Waals surface area (Å²) in [6, 6.07) is 15.0. The van der Waals surface area contributed by atoms with Crippen molar-refractivity contribution in [3.63, 3.8) is 0 Å². The minimum Gasteiger partial charge on any atom is -0.490 e. The van der Waals surface area contributed by atoms with Gasteiger partial charge in [0.2, 0.25) is 0 Å². The van der Waals surface area contributed by atoms with Crippen LogP contribution in [0.15, 0.2) is 47.4 Å². The molecule has 0 saturated heterocycles. The van der Waals surface area contributed by atoms with Crippen LogP contribution >= 0.6 is 11.8 Å². The van der Waals surface area contributed by atoms with Crippen LogP contribution in [0.25, 0.3) is 0 Å². The van der Waals surface area contributed by atoms with Crippen molar-refractivity contribution in [1.29, 1.82) is 0 Å². The maximum Gasteiger partial charge on any atom is 0.142 e. The van der Waals surface area contributed by atoms with Gasteiger partial charge in [0.25, 0.3) is 0 Å². The topological polar surface area (TPSA) is 33.3 Å². The lowest BCUT2D eigenvalue weighted by atomic mass is 10.1. The molecule has 2 aliphatic rings. The van der Waals surface area contributed by atoms with Crippen LogP contribution in [0.5, 0.6) is 5.75 Å². The summed E-state index contributed by atoms with van der Waals surface area (Å²) in [7, 11) is 0. The first kappa shape index (κ1) is 12.0. The first-order chi connectivity index (χ1) is 9.90. The molecule has 2 aromatic carbocycles. The van der Waals surface area contributed by atoms with Crippen LogP contribution in [0.4, 0.5) is 11.4 Å². The molecule has 4 heteroatoms. The second-order valence-electron chi connectivity index (χ2n) is 5.01. The van der Waals surface area contributed by atoms with E-state index in [0.717, 1.165) is 31.1 Å². The third-order valence-corrected chi connectivity index (χ3v) is 5.02. The Labute approximate surface area is 122 Å². The second kappa shape index (κ2) is 4.94. The normalized spacial score (nSPS) is 19.9. The van der Waals surface area contributed by atoms with Crippen LogP contribution in [-0.2, 0) is 0 Å². The van der Waals surface area contributed by atoms with Crippen molar-refractivity contribution in [3.8, 4) is 5.75 Å². The van der Waals surface area contributed by atoms with Gasteiger partial charge in [-0.05, 0) is 29.8 Å². The second-order valence-corrected chi connectivity index (χ2v) is 6.26. The molecule has 102 valence electrons. The number of nitrogens with one attached hydrogen (secondary N) is 2. The van der Waals surface area contributed by atoms with Crippen LogP contribution < -0.4 is 15.4 Å². The van der Waals surface area contributed by atoms with Crippen molar-refractivity contribution < 1.29 is 4.74 Å². The highest BCUT2D eigenvalue weighted by molar-refractivity contribution is 7.99. The fourth-order valence-corrected chi connectivity index (χ4v) is 3.83. The van der Waals surface area contributed by atoms with Crippen molar-refractivity contribution in [2.75, 3.05) is 30.3 Å². The average Bonchev–Trinajstić information content (AvgIpc) is 2.54. The molecule has 1 atom stereocenters. The summed E-state index contributed by atoms with van der Waals surface area (Å²) < 4.78 is 5.73. The Hall–Kier alpha value is -1.81. The van der Waals surface area contributed by atoms with E-state index in [-0.39, 0.29) is 0 Å². The molecule has 0 amide bonds. The van der Waals surface area contributed by atoms with E-state index in [0.29, 0.717) is 5.25 Å². The van der Waals surface area contributed by atoms with Gasteiger partial charge in [-0.25, -0.2) is 0 Å². The van der Waals surface area contributed by atoms with E-state index in [4.69, 9.17) is 4.74 Å². The van der Waals surface area contributed by atoms with E-state index in [1.54, 1.807) is 0 Å². The highest BCUT2D eigenvalue weighted by atomic mass is 32.2. The largest absolute Gasteiger partial charge is 0.490 e. The van der Waals surface area contributed by atoms with Gasteiger partial charge in [0.15, 0.2) is 0 Å². The Morgan fingerprint density at radius 2 is 2.00 bits per heavy atom. The number of ether oxygens (including phenoxy) is 1. The molecule has 0 saturated carbocycles. The summed E-state index contributed by atoms with van der Waals surface area (Å²) in [5.74, 6) is 0.980. The Morgan fingerprint density at radius 1 is 1.05 bits per heavy atom. The molecule has 2 N–H and O–H groups in total. The number of para-hydroxylation sites is 1. The minimum absolute atomic E-state index is 0.431. The number of fused-ring (bicyclic) bond motifs is 2. The summed E-state index contributed by atoms with van der Waals surface area (Å²) in [5, 5.41) is 7.31. The Kier molecular flexibility index (Phi) is 2.96. The molecule has 0 spiro atoms. The Balaban J connectivity index is 1.63. The van der Waals surface area contributed by atoms with Gasteiger partial charge in [-0.2, -0.15) is 0 Å². The molecule has 3 nitrogen and oxygen atoms in total. The van der Waals surface area contributed by atoms with Crippen LogP contribution in [0, 0.1) is 0 Å². The molecule has 0 aromatic heterocycles. The van der Waals surface area contributed by atoms with Crippen molar-refractivity contribution in [1.82, 2.24) is 0 Å². The Bertz CT molecular complexity index is 644. The molecular formula is C16H16N2OS. The standard InChI is InChI=1S/C16H16N2OS/c1-2-4-15-13(3-1)18-10-16(20-15)11-5-6-12-14(9-11)19-8-7-17-12/h1-6,9,16-18H,7-8,10H2. The molecule has 2 aliphatic heterocycles. The van der Waals surface area contributed by atoms with Gasteiger partial charge in [0.05, 0.1) is 10.9 Å². The smallest absolute Gasteiger partial charge is 0.142 e. The van der Waals surface area contributed by atoms with Crippen LogP contribution in [0.1, 0.15) is 10.8 Å². The van der Waals surface area contributed by atoms with E-state index in [2.05, 4.69) is 53.1 Å². The number of anilines is 2. The van der Waals surface area contributed by atoms with Gasteiger partial charge in [0.1, 0.15) is 12.4 Å². The summed E-state index contributed by atoms with van der Waals surface area (Å²) >= 11 is 1.92. The zero-order valence-corrected chi connectivity index (χ0v) is 11.9.